The highest BCUT2D eigenvalue weighted by Gasteiger charge is 2.37. The molecule has 0 bridgehead atoms. The molecular formula is C16H26N2O4. The number of hydrogen-bond donors (Lipinski definition) is 1. The van der Waals surface area contributed by atoms with Crippen molar-refractivity contribution in [2.45, 2.75) is 26.4 Å². The number of pyridine rings is 1. The Labute approximate surface area is 132 Å². The number of rotatable bonds is 4. The Bertz CT molecular complexity index is 471. The second-order valence-corrected chi connectivity index (χ2v) is 5.45. The van der Waals surface area contributed by atoms with E-state index in [-0.39, 0.29) is 6.61 Å². The van der Waals surface area contributed by atoms with E-state index in [0.717, 1.165) is 37.7 Å². The zero-order valence-electron chi connectivity index (χ0n) is 13.7. The quantitative estimate of drug-likeness (QED) is 0.907. The maximum absolute atomic E-state index is 9.95. The minimum atomic E-state index is -0.857. The maximum Gasteiger partial charge on any atom is 0.215 e. The number of anilines is 1. The Hall–Kier alpha value is -1.37. The van der Waals surface area contributed by atoms with E-state index in [0.29, 0.717) is 19.1 Å². The standard InChI is InChI=1S/C14H20N2O4.C2H6/c1-11-6-12(16-2-4-18-5-3-16)15-13(7-11)20-10-14(17)8-19-9-14;1-2/h6-7,17H,2-5,8-10H2,1H3;1-2H3. The van der Waals surface area contributed by atoms with Crippen LogP contribution in [0, 0.1) is 6.92 Å². The molecule has 1 aromatic rings. The van der Waals surface area contributed by atoms with E-state index in [1.165, 1.54) is 0 Å². The fourth-order valence-electron chi connectivity index (χ4n) is 2.28. The van der Waals surface area contributed by atoms with E-state index >= 15 is 0 Å². The van der Waals surface area contributed by atoms with Crippen molar-refractivity contribution >= 4 is 5.82 Å². The summed E-state index contributed by atoms with van der Waals surface area (Å²) >= 11 is 0. The van der Waals surface area contributed by atoms with Crippen LogP contribution >= 0.6 is 0 Å². The summed E-state index contributed by atoms with van der Waals surface area (Å²) in [7, 11) is 0. The first-order valence-electron chi connectivity index (χ1n) is 7.89. The van der Waals surface area contributed by atoms with E-state index in [2.05, 4.69) is 9.88 Å². The molecule has 2 saturated heterocycles. The number of ether oxygens (including phenoxy) is 3. The van der Waals surface area contributed by atoms with Crippen molar-refractivity contribution < 1.29 is 19.3 Å². The van der Waals surface area contributed by atoms with Gasteiger partial charge in [-0.25, -0.2) is 0 Å². The van der Waals surface area contributed by atoms with Crippen LogP contribution in [0.15, 0.2) is 12.1 Å². The summed E-state index contributed by atoms with van der Waals surface area (Å²) in [5.41, 5.74) is 0.234. The first-order valence-corrected chi connectivity index (χ1v) is 7.89. The van der Waals surface area contributed by atoms with Gasteiger partial charge in [0.2, 0.25) is 5.88 Å². The second kappa shape index (κ2) is 7.76. The van der Waals surface area contributed by atoms with Crippen LogP contribution in [-0.2, 0) is 9.47 Å². The van der Waals surface area contributed by atoms with Gasteiger partial charge in [0.1, 0.15) is 18.0 Å². The average Bonchev–Trinajstić information content (AvgIpc) is 2.53. The molecule has 2 aliphatic rings. The smallest absolute Gasteiger partial charge is 0.215 e. The van der Waals surface area contributed by atoms with Crippen molar-refractivity contribution in [3.8, 4) is 5.88 Å². The summed E-state index contributed by atoms with van der Waals surface area (Å²) in [4.78, 5) is 6.70. The largest absolute Gasteiger partial charge is 0.474 e. The third-order valence-corrected chi connectivity index (χ3v) is 3.50. The van der Waals surface area contributed by atoms with Crippen molar-refractivity contribution in [1.29, 1.82) is 0 Å². The zero-order chi connectivity index (χ0) is 16.0. The van der Waals surface area contributed by atoms with Crippen LogP contribution in [0.4, 0.5) is 5.82 Å². The monoisotopic (exact) mass is 310 g/mol. The van der Waals surface area contributed by atoms with Gasteiger partial charge in [-0.3, -0.25) is 0 Å². The van der Waals surface area contributed by atoms with Crippen molar-refractivity contribution in [2.75, 3.05) is 51.0 Å². The first-order chi connectivity index (χ1) is 10.6. The average molecular weight is 310 g/mol. The van der Waals surface area contributed by atoms with Gasteiger partial charge in [-0.2, -0.15) is 4.98 Å². The number of nitrogens with zero attached hydrogens (tertiary/aromatic N) is 2. The summed E-state index contributed by atoms with van der Waals surface area (Å²) in [5.74, 6) is 1.45. The Morgan fingerprint density at radius 2 is 1.91 bits per heavy atom. The van der Waals surface area contributed by atoms with Gasteiger partial charge in [-0.15, -0.1) is 0 Å². The SMILES string of the molecule is CC.Cc1cc(OCC2(O)COC2)nc(N2CCOCC2)c1. The van der Waals surface area contributed by atoms with Crippen molar-refractivity contribution in [2.24, 2.45) is 0 Å². The molecule has 3 heterocycles. The second-order valence-electron chi connectivity index (χ2n) is 5.45. The number of morpholine rings is 1. The van der Waals surface area contributed by atoms with Gasteiger partial charge in [0.05, 0.1) is 26.4 Å². The van der Waals surface area contributed by atoms with Crippen molar-refractivity contribution in [3.05, 3.63) is 17.7 Å². The lowest BCUT2D eigenvalue weighted by molar-refractivity contribution is -0.192. The highest BCUT2D eigenvalue weighted by Crippen LogP contribution is 2.22. The normalized spacial score (nSPS) is 19.7. The van der Waals surface area contributed by atoms with E-state index < -0.39 is 5.60 Å². The molecule has 0 unspecified atom stereocenters. The van der Waals surface area contributed by atoms with Crippen LogP contribution in [0.1, 0.15) is 19.4 Å². The molecule has 1 aromatic heterocycles. The molecule has 0 aromatic carbocycles. The van der Waals surface area contributed by atoms with Crippen molar-refractivity contribution in [3.63, 3.8) is 0 Å². The Kier molecular flexibility index (Phi) is 5.99. The van der Waals surface area contributed by atoms with Crippen LogP contribution in [0.2, 0.25) is 0 Å². The summed E-state index contributed by atoms with van der Waals surface area (Å²) in [6.07, 6.45) is 0. The number of aromatic nitrogens is 1. The number of aryl methyl sites for hydroxylation is 1. The van der Waals surface area contributed by atoms with Crippen molar-refractivity contribution in [1.82, 2.24) is 4.98 Å². The van der Waals surface area contributed by atoms with Gasteiger partial charge in [0, 0.05) is 19.2 Å². The highest BCUT2D eigenvalue weighted by atomic mass is 16.6. The molecular weight excluding hydrogens is 284 g/mol. The molecule has 0 aliphatic carbocycles. The predicted molar refractivity (Wildman–Crippen MR) is 84.6 cm³/mol. The molecule has 1 N–H and O–H groups in total. The molecule has 0 amide bonds. The minimum absolute atomic E-state index is 0.214. The van der Waals surface area contributed by atoms with Crippen LogP contribution in [0.5, 0.6) is 5.88 Å². The first kappa shape index (κ1) is 17.0. The third kappa shape index (κ3) is 4.32. The van der Waals surface area contributed by atoms with Gasteiger partial charge in [-0.05, 0) is 18.6 Å². The van der Waals surface area contributed by atoms with Crippen LogP contribution in [0.3, 0.4) is 0 Å². The lowest BCUT2D eigenvalue weighted by Gasteiger charge is -2.35. The van der Waals surface area contributed by atoms with Gasteiger partial charge in [0.15, 0.2) is 0 Å². The van der Waals surface area contributed by atoms with Crippen LogP contribution in [0.25, 0.3) is 0 Å². The molecule has 2 fully saturated rings. The fourth-order valence-corrected chi connectivity index (χ4v) is 2.28. The topological polar surface area (TPSA) is 64.0 Å². The number of hydrogen-bond acceptors (Lipinski definition) is 6. The summed E-state index contributed by atoms with van der Waals surface area (Å²) < 4.78 is 16.0. The molecule has 6 heteroatoms. The molecule has 6 nitrogen and oxygen atoms in total. The van der Waals surface area contributed by atoms with E-state index in [4.69, 9.17) is 14.2 Å². The lowest BCUT2D eigenvalue weighted by atomic mass is 10.0. The molecule has 124 valence electrons. The predicted octanol–water partition coefficient (Wildman–Crippen LogP) is 1.39. The molecule has 0 spiro atoms. The molecule has 2 aliphatic heterocycles. The van der Waals surface area contributed by atoms with Gasteiger partial charge in [-0.1, -0.05) is 13.8 Å². The van der Waals surface area contributed by atoms with E-state index in [9.17, 15) is 5.11 Å². The zero-order valence-corrected chi connectivity index (χ0v) is 13.7. The molecule has 0 saturated carbocycles. The van der Waals surface area contributed by atoms with E-state index in [1.807, 2.05) is 32.9 Å². The van der Waals surface area contributed by atoms with Gasteiger partial charge in [0.25, 0.3) is 0 Å². The highest BCUT2D eigenvalue weighted by molar-refractivity contribution is 5.44. The van der Waals surface area contributed by atoms with E-state index in [1.54, 1.807) is 0 Å². The molecule has 3 rings (SSSR count). The Morgan fingerprint density at radius 1 is 1.23 bits per heavy atom. The lowest BCUT2D eigenvalue weighted by Crippen LogP contribution is -2.54. The van der Waals surface area contributed by atoms with Crippen LogP contribution < -0.4 is 9.64 Å². The Morgan fingerprint density at radius 3 is 2.50 bits per heavy atom. The number of aliphatic hydroxyl groups is 1. The minimum Gasteiger partial charge on any atom is -0.474 e. The summed E-state index contributed by atoms with van der Waals surface area (Å²) in [6.45, 7) is 10.0. The summed E-state index contributed by atoms with van der Waals surface area (Å²) in [5, 5.41) is 9.95. The molecule has 22 heavy (non-hydrogen) atoms. The van der Waals surface area contributed by atoms with Crippen LogP contribution in [-0.4, -0.2) is 61.8 Å². The molecule has 0 radical (unpaired) electrons. The maximum atomic E-state index is 9.95. The van der Waals surface area contributed by atoms with Gasteiger partial charge < -0.3 is 24.2 Å². The summed E-state index contributed by atoms with van der Waals surface area (Å²) in [6, 6.07) is 3.92. The molecule has 0 atom stereocenters. The van der Waals surface area contributed by atoms with Gasteiger partial charge >= 0.3 is 0 Å². The third-order valence-electron chi connectivity index (χ3n) is 3.50. The fraction of sp³-hybridized carbons (Fsp3) is 0.688. The Balaban J connectivity index is 0.000000847.